The maximum absolute atomic E-state index is 5.94. The molecule has 4 heterocycles. The van der Waals surface area contributed by atoms with Gasteiger partial charge in [0.25, 0.3) is 0 Å². The second-order valence-corrected chi connectivity index (χ2v) is 8.98. The number of nitrogens with one attached hydrogen (secondary N) is 1. The van der Waals surface area contributed by atoms with E-state index in [0.29, 0.717) is 6.04 Å². The summed E-state index contributed by atoms with van der Waals surface area (Å²) in [4.78, 5) is 6.99. The van der Waals surface area contributed by atoms with Crippen LogP contribution in [0.15, 0.2) is 42.9 Å². The lowest BCUT2D eigenvalue weighted by atomic mass is 9.95. The van der Waals surface area contributed by atoms with Crippen molar-refractivity contribution in [2.45, 2.75) is 69.2 Å². The van der Waals surface area contributed by atoms with Crippen molar-refractivity contribution in [3.63, 3.8) is 0 Å². The Morgan fingerprint density at radius 1 is 1.10 bits per heavy atom. The fourth-order valence-corrected chi connectivity index (χ4v) is 5.50. The zero-order valence-electron chi connectivity index (χ0n) is 16.9. The molecule has 0 spiro atoms. The van der Waals surface area contributed by atoms with E-state index in [0.717, 1.165) is 36.8 Å². The highest BCUT2D eigenvalue weighted by Gasteiger charge is 2.41. The van der Waals surface area contributed by atoms with Gasteiger partial charge in [-0.1, -0.05) is 25.3 Å². The van der Waals surface area contributed by atoms with Crippen molar-refractivity contribution in [2.24, 2.45) is 0 Å². The fraction of sp³-hybridized carbons (Fsp3) is 0.565. The van der Waals surface area contributed by atoms with Crippen LogP contribution in [-0.4, -0.2) is 38.8 Å². The van der Waals surface area contributed by atoms with Crippen molar-refractivity contribution >= 4 is 17.3 Å². The second kappa shape index (κ2) is 8.44. The lowest BCUT2D eigenvalue weighted by Crippen LogP contribution is -2.36. The Hall–Kier alpha value is -1.92. The maximum atomic E-state index is 5.94. The Morgan fingerprint density at radius 3 is 2.76 bits per heavy atom. The molecule has 5 rings (SSSR count). The molecule has 0 radical (unpaired) electrons. The van der Waals surface area contributed by atoms with E-state index < -0.39 is 0 Å². The molecule has 154 valence electrons. The van der Waals surface area contributed by atoms with Crippen molar-refractivity contribution < 1.29 is 4.74 Å². The summed E-state index contributed by atoms with van der Waals surface area (Å²) in [5.74, 6) is 0. The molecule has 2 saturated heterocycles. The van der Waals surface area contributed by atoms with Gasteiger partial charge in [0.2, 0.25) is 0 Å². The average Bonchev–Trinajstić information content (AvgIpc) is 3.51. The van der Waals surface area contributed by atoms with Crippen LogP contribution in [0.2, 0.25) is 0 Å². The predicted octanol–water partition coefficient (Wildman–Crippen LogP) is 4.54. The molecule has 5 nitrogen and oxygen atoms in total. The molecule has 2 aromatic heterocycles. The maximum Gasteiger partial charge on any atom is 0.170 e. The lowest BCUT2D eigenvalue weighted by Gasteiger charge is -2.29. The van der Waals surface area contributed by atoms with E-state index in [2.05, 4.69) is 50.4 Å². The van der Waals surface area contributed by atoms with Crippen LogP contribution in [0, 0.1) is 0 Å². The van der Waals surface area contributed by atoms with E-state index >= 15 is 0 Å². The van der Waals surface area contributed by atoms with Crippen LogP contribution in [0.25, 0.3) is 0 Å². The summed E-state index contributed by atoms with van der Waals surface area (Å²) in [7, 11) is 0. The molecule has 1 aliphatic carbocycles. The highest BCUT2D eigenvalue weighted by Crippen LogP contribution is 2.40. The SMILES string of the molecule is S=C1N[C@@H](c2ccccn2)[C@@H](c2ccn(C3CCCCC3)c2)N1C[C@@H]1CCCO1. The Bertz CT molecular complexity index is 826. The molecular weight excluding hydrogens is 380 g/mol. The molecule has 3 atom stereocenters. The first kappa shape index (κ1) is 19.1. The van der Waals surface area contributed by atoms with Crippen molar-refractivity contribution in [3.05, 3.63) is 54.1 Å². The minimum atomic E-state index is 0.0623. The Labute approximate surface area is 178 Å². The molecule has 2 aromatic rings. The Balaban J connectivity index is 1.45. The normalized spacial score (nSPS) is 28.1. The summed E-state index contributed by atoms with van der Waals surface area (Å²) in [6, 6.07) is 9.25. The third kappa shape index (κ3) is 3.92. The van der Waals surface area contributed by atoms with Gasteiger partial charge in [-0.15, -0.1) is 0 Å². The van der Waals surface area contributed by atoms with E-state index in [1.54, 1.807) is 0 Å². The van der Waals surface area contributed by atoms with Gasteiger partial charge in [-0.3, -0.25) is 4.98 Å². The zero-order valence-corrected chi connectivity index (χ0v) is 17.7. The number of hydrogen-bond acceptors (Lipinski definition) is 3. The number of thiocarbonyl (C=S) groups is 1. The molecule has 1 N–H and O–H groups in total. The van der Waals surface area contributed by atoms with Crippen molar-refractivity contribution in [1.29, 1.82) is 0 Å². The average molecular weight is 411 g/mol. The van der Waals surface area contributed by atoms with Gasteiger partial charge in [0.15, 0.2) is 5.11 Å². The molecule has 0 aromatic carbocycles. The number of pyridine rings is 1. The van der Waals surface area contributed by atoms with Crippen LogP contribution in [0.3, 0.4) is 0 Å². The molecule has 6 heteroatoms. The highest BCUT2D eigenvalue weighted by atomic mass is 32.1. The Morgan fingerprint density at radius 2 is 2.00 bits per heavy atom. The molecule has 3 fully saturated rings. The molecular formula is C23H30N4OS. The van der Waals surface area contributed by atoms with Crippen molar-refractivity contribution in [1.82, 2.24) is 19.8 Å². The first-order valence-corrected chi connectivity index (χ1v) is 11.5. The van der Waals surface area contributed by atoms with Crippen LogP contribution in [0.5, 0.6) is 0 Å². The van der Waals surface area contributed by atoms with E-state index in [1.165, 1.54) is 37.7 Å². The molecule has 3 aliphatic rings. The van der Waals surface area contributed by atoms with Gasteiger partial charge in [0, 0.05) is 37.8 Å². The quantitative estimate of drug-likeness (QED) is 0.733. The minimum absolute atomic E-state index is 0.0623. The number of aromatic nitrogens is 2. The topological polar surface area (TPSA) is 42.3 Å². The summed E-state index contributed by atoms with van der Waals surface area (Å²) in [5, 5.41) is 4.37. The first-order chi connectivity index (χ1) is 14.3. The lowest BCUT2D eigenvalue weighted by molar-refractivity contribution is 0.0842. The third-order valence-corrected chi connectivity index (χ3v) is 7.05. The van der Waals surface area contributed by atoms with Gasteiger partial charge in [-0.25, -0.2) is 0 Å². The van der Waals surface area contributed by atoms with Crippen LogP contribution in [0.4, 0.5) is 0 Å². The van der Waals surface area contributed by atoms with Crippen molar-refractivity contribution in [3.8, 4) is 0 Å². The van der Waals surface area contributed by atoms with E-state index in [-0.39, 0.29) is 18.2 Å². The van der Waals surface area contributed by atoms with Crippen LogP contribution in [-0.2, 0) is 4.74 Å². The van der Waals surface area contributed by atoms with Crippen molar-refractivity contribution in [2.75, 3.05) is 13.2 Å². The predicted molar refractivity (Wildman–Crippen MR) is 118 cm³/mol. The third-order valence-electron chi connectivity index (χ3n) is 6.70. The van der Waals surface area contributed by atoms with Crippen LogP contribution >= 0.6 is 12.2 Å². The number of hydrogen-bond donors (Lipinski definition) is 1. The van der Waals surface area contributed by atoms with Gasteiger partial charge in [-0.05, 0) is 61.7 Å². The standard InChI is InChI=1S/C23H30N4OS/c29-23-25-21(20-10-4-5-12-24-20)22(27(23)16-19-9-6-14-28-19)17-11-13-26(15-17)18-7-2-1-3-8-18/h4-5,10-13,15,18-19,21-22H,1-3,6-9,14,16H2,(H,25,29)/t19-,21-,22+/m0/s1. The first-order valence-electron chi connectivity index (χ1n) is 11.1. The van der Waals surface area contributed by atoms with Gasteiger partial charge in [0.1, 0.15) is 0 Å². The fourth-order valence-electron chi connectivity index (χ4n) is 5.18. The van der Waals surface area contributed by atoms with Gasteiger partial charge in [0.05, 0.1) is 23.9 Å². The second-order valence-electron chi connectivity index (χ2n) is 8.60. The zero-order chi connectivity index (χ0) is 19.6. The summed E-state index contributed by atoms with van der Waals surface area (Å²) in [6.07, 6.45) is 15.7. The molecule has 0 amide bonds. The minimum Gasteiger partial charge on any atom is -0.376 e. The number of ether oxygens (including phenoxy) is 1. The number of nitrogens with zero attached hydrogens (tertiary/aromatic N) is 3. The van der Waals surface area contributed by atoms with Crippen LogP contribution in [0.1, 0.15) is 74.3 Å². The highest BCUT2D eigenvalue weighted by molar-refractivity contribution is 7.80. The van der Waals surface area contributed by atoms with Gasteiger partial charge in [-0.2, -0.15) is 0 Å². The summed E-state index contributed by atoms with van der Waals surface area (Å²) in [6.45, 7) is 1.71. The molecule has 0 bridgehead atoms. The smallest absolute Gasteiger partial charge is 0.170 e. The van der Waals surface area contributed by atoms with E-state index in [4.69, 9.17) is 17.0 Å². The number of rotatable bonds is 5. The van der Waals surface area contributed by atoms with Gasteiger partial charge < -0.3 is 19.5 Å². The molecule has 2 aliphatic heterocycles. The Kier molecular flexibility index (Phi) is 5.55. The summed E-state index contributed by atoms with van der Waals surface area (Å²) >= 11 is 5.79. The van der Waals surface area contributed by atoms with Crippen LogP contribution < -0.4 is 5.32 Å². The molecule has 0 unspecified atom stereocenters. The molecule has 29 heavy (non-hydrogen) atoms. The van der Waals surface area contributed by atoms with Gasteiger partial charge >= 0.3 is 0 Å². The largest absolute Gasteiger partial charge is 0.376 e. The summed E-state index contributed by atoms with van der Waals surface area (Å²) < 4.78 is 8.38. The molecule has 1 saturated carbocycles. The monoisotopic (exact) mass is 410 g/mol. The summed E-state index contributed by atoms with van der Waals surface area (Å²) in [5.41, 5.74) is 2.36. The van der Waals surface area contributed by atoms with E-state index in [1.807, 2.05) is 12.3 Å². The van der Waals surface area contributed by atoms with E-state index in [9.17, 15) is 0 Å².